The maximum absolute atomic E-state index is 11.9. The van der Waals surface area contributed by atoms with Crippen LogP contribution in [0.25, 0.3) is 10.9 Å². The maximum atomic E-state index is 11.9. The first-order valence-corrected chi connectivity index (χ1v) is 6.41. The fraction of sp³-hybridized carbons (Fsp3) is 0.357. The van der Waals surface area contributed by atoms with E-state index in [2.05, 4.69) is 10.4 Å². The quantitative estimate of drug-likeness (QED) is 0.860. The summed E-state index contributed by atoms with van der Waals surface area (Å²) in [4.78, 5) is 23.0. The molecule has 0 aliphatic rings. The summed E-state index contributed by atoms with van der Waals surface area (Å²) in [6.07, 6.45) is 1.68. The Morgan fingerprint density at radius 1 is 1.35 bits per heavy atom. The van der Waals surface area contributed by atoms with Crippen LogP contribution >= 0.6 is 0 Å². The highest BCUT2D eigenvalue weighted by molar-refractivity contribution is 5.85. The fourth-order valence-electron chi connectivity index (χ4n) is 2.02. The molecule has 1 aromatic heterocycles. The number of amides is 1. The van der Waals surface area contributed by atoms with Gasteiger partial charge in [0.05, 0.1) is 11.7 Å². The molecule has 20 heavy (non-hydrogen) atoms. The molecule has 0 saturated heterocycles. The largest absolute Gasteiger partial charge is 0.480 e. The predicted octanol–water partition coefficient (Wildman–Crippen LogP) is 1.26. The van der Waals surface area contributed by atoms with Crippen LogP contribution in [0.2, 0.25) is 0 Å². The molecule has 6 heteroatoms. The second kappa shape index (κ2) is 5.73. The number of aliphatic carboxylic acids is 1. The Hall–Kier alpha value is -2.37. The van der Waals surface area contributed by atoms with Crippen LogP contribution in [0.5, 0.6) is 0 Å². The number of para-hydroxylation sites is 1. The van der Waals surface area contributed by atoms with Crippen molar-refractivity contribution in [2.45, 2.75) is 26.4 Å². The van der Waals surface area contributed by atoms with Crippen molar-refractivity contribution < 1.29 is 14.7 Å². The fourth-order valence-corrected chi connectivity index (χ4v) is 2.02. The van der Waals surface area contributed by atoms with Crippen molar-refractivity contribution in [2.75, 3.05) is 0 Å². The maximum Gasteiger partial charge on any atom is 0.326 e. The number of aromatic nitrogens is 2. The van der Waals surface area contributed by atoms with Gasteiger partial charge in [-0.2, -0.15) is 5.10 Å². The first kappa shape index (κ1) is 14.0. The van der Waals surface area contributed by atoms with E-state index in [4.69, 9.17) is 5.11 Å². The van der Waals surface area contributed by atoms with Crippen LogP contribution < -0.4 is 5.32 Å². The Bertz CT molecular complexity index is 633. The molecule has 106 valence electrons. The topological polar surface area (TPSA) is 84.2 Å². The molecule has 0 fully saturated rings. The second-order valence-corrected chi connectivity index (χ2v) is 4.99. The van der Waals surface area contributed by atoms with Gasteiger partial charge < -0.3 is 10.4 Å². The molecule has 2 N–H and O–H groups in total. The van der Waals surface area contributed by atoms with E-state index in [1.807, 2.05) is 24.3 Å². The van der Waals surface area contributed by atoms with Gasteiger partial charge in [-0.15, -0.1) is 0 Å². The van der Waals surface area contributed by atoms with E-state index >= 15 is 0 Å². The minimum absolute atomic E-state index is 0.00398. The van der Waals surface area contributed by atoms with Crippen molar-refractivity contribution in [2.24, 2.45) is 5.92 Å². The van der Waals surface area contributed by atoms with Gasteiger partial charge in [0.25, 0.3) is 0 Å². The van der Waals surface area contributed by atoms with Crippen LogP contribution in [0.3, 0.4) is 0 Å². The van der Waals surface area contributed by atoms with Gasteiger partial charge in [-0.1, -0.05) is 32.0 Å². The van der Waals surface area contributed by atoms with Gasteiger partial charge in [-0.25, -0.2) is 4.79 Å². The van der Waals surface area contributed by atoms with Gasteiger partial charge in [-0.05, 0) is 12.0 Å². The van der Waals surface area contributed by atoms with Gasteiger partial charge >= 0.3 is 5.97 Å². The molecule has 2 aromatic rings. The summed E-state index contributed by atoms with van der Waals surface area (Å²) in [6.45, 7) is 3.51. The minimum atomic E-state index is -1.03. The predicted molar refractivity (Wildman–Crippen MR) is 74.1 cm³/mol. The van der Waals surface area contributed by atoms with Crippen molar-refractivity contribution in [3.05, 3.63) is 30.5 Å². The summed E-state index contributed by atoms with van der Waals surface area (Å²) in [5.74, 6) is -1.57. The number of hydrogen-bond donors (Lipinski definition) is 2. The number of benzene rings is 1. The Kier molecular flexibility index (Phi) is 4.02. The van der Waals surface area contributed by atoms with E-state index in [0.717, 1.165) is 10.9 Å². The molecule has 0 aliphatic heterocycles. The van der Waals surface area contributed by atoms with E-state index in [9.17, 15) is 9.59 Å². The third-order valence-corrected chi connectivity index (χ3v) is 3.09. The standard InChI is InChI=1S/C14H17N3O3/c1-9(2)13(14(19)20)16-12(18)8-17-11-6-4-3-5-10(11)7-15-17/h3-7,9,13H,8H2,1-2H3,(H,16,18)(H,19,20)/t13-/m1/s1. The molecule has 0 unspecified atom stereocenters. The summed E-state index contributed by atoms with van der Waals surface area (Å²) in [6, 6.07) is 6.65. The molecule has 0 aliphatic carbocycles. The molecule has 2 rings (SSSR count). The summed E-state index contributed by atoms with van der Waals surface area (Å²) >= 11 is 0. The highest BCUT2D eigenvalue weighted by atomic mass is 16.4. The van der Waals surface area contributed by atoms with Crippen LogP contribution in [-0.2, 0) is 16.1 Å². The van der Waals surface area contributed by atoms with Gasteiger partial charge in [0.1, 0.15) is 12.6 Å². The van der Waals surface area contributed by atoms with Crippen LogP contribution in [-0.4, -0.2) is 32.8 Å². The SMILES string of the molecule is CC(C)[C@@H](NC(=O)Cn1ncc2ccccc21)C(=O)O. The molecule has 6 nitrogen and oxygen atoms in total. The Morgan fingerprint density at radius 3 is 2.70 bits per heavy atom. The highest BCUT2D eigenvalue weighted by Crippen LogP contribution is 2.12. The second-order valence-electron chi connectivity index (χ2n) is 4.99. The normalized spacial score (nSPS) is 12.6. The third kappa shape index (κ3) is 2.96. The van der Waals surface area contributed by atoms with Crippen LogP contribution in [0.1, 0.15) is 13.8 Å². The van der Waals surface area contributed by atoms with Crippen molar-refractivity contribution in [3.8, 4) is 0 Å². The van der Waals surface area contributed by atoms with Crippen molar-refractivity contribution in [1.82, 2.24) is 15.1 Å². The monoisotopic (exact) mass is 275 g/mol. The minimum Gasteiger partial charge on any atom is -0.480 e. The molecule has 1 aromatic carbocycles. The molecule has 0 bridgehead atoms. The van der Waals surface area contributed by atoms with Crippen molar-refractivity contribution in [3.63, 3.8) is 0 Å². The zero-order valence-corrected chi connectivity index (χ0v) is 11.4. The summed E-state index contributed by atoms with van der Waals surface area (Å²) in [5.41, 5.74) is 0.846. The third-order valence-electron chi connectivity index (χ3n) is 3.09. The molecule has 0 radical (unpaired) electrons. The smallest absolute Gasteiger partial charge is 0.326 e. The lowest BCUT2D eigenvalue weighted by atomic mass is 10.1. The number of carbonyl (C=O) groups is 2. The number of hydrogen-bond acceptors (Lipinski definition) is 3. The molecular formula is C14H17N3O3. The van der Waals surface area contributed by atoms with E-state index in [1.54, 1.807) is 24.7 Å². The number of nitrogens with zero attached hydrogens (tertiary/aromatic N) is 2. The first-order chi connectivity index (χ1) is 9.49. The van der Waals surface area contributed by atoms with Crippen LogP contribution in [0.4, 0.5) is 0 Å². The zero-order chi connectivity index (χ0) is 14.7. The number of carbonyl (C=O) groups excluding carboxylic acids is 1. The molecule has 0 spiro atoms. The Labute approximate surface area is 116 Å². The zero-order valence-electron chi connectivity index (χ0n) is 11.4. The van der Waals surface area contributed by atoms with Crippen molar-refractivity contribution in [1.29, 1.82) is 0 Å². The van der Waals surface area contributed by atoms with Gasteiger partial charge in [0.15, 0.2) is 0 Å². The van der Waals surface area contributed by atoms with E-state index in [1.165, 1.54) is 0 Å². The Morgan fingerprint density at radius 2 is 2.05 bits per heavy atom. The summed E-state index contributed by atoms with van der Waals surface area (Å²) < 4.78 is 1.56. The van der Waals surface area contributed by atoms with Crippen LogP contribution in [0, 0.1) is 5.92 Å². The summed E-state index contributed by atoms with van der Waals surface area (Å²) in [7, 11) is 0. The van der Waals surface area contributed by atoms with E-state index in [0.29, 0.717) is 0 Å². The average Bonchev–Trinajstić information content (AvgIpc) is 2.79. The lowest BCUT2D eigenvalue weighted by Gasteiger charge is -2.17. The average molecular weight is 275 g/mol. The number of rotatable bonds is 5. The number of fused-ring (bicyclic) bond motifs is 1. The number of carboxylic acids is 1. The molecule has 1 amide bonds. The van der Waals surface area contributed by atoms with Crippen LogP contribution in [0.15, 0.2) is 30.5 Å². The van der Waals surface area contributed by atoms with Crippen molar-refractivity contribution >= 4 is 22.8 Å². The Balaban J connectivity index is 2.10. The van der Waals surface area contributed by atoms with E-state index < -0.39 is 12.0 Å². The highest BCUT2D eigenvalue weighted by Gasteiger charge is 2.23. The van der Waals surface area contributed by atoms with Gasteiger partial charge in [0, 0.05) is 5.39 Å². The molecule has 1 heterocycles. The van der Waals surface area contributed by atoms with Gasteiger partial charge in [0.2, 0.25) is 5.91 Å². The lowest BCUT2D eigenvalue weighted by molar-refractivity contribution is -0.143. The molecule has 1 atom stereocenters. The number of nitrogens with one attached hydrogen (secondary N) is 1. The summed E-state index contributed by atoms with van der Waals surface area (Å²) in [5, 5.41) is 16.7. The first-order valence-electron chi connectivity index (χ1n) is 6.41. The van der Waals surface area contributed by atoms with Gasteiger partial charge in [-0.3, -0.25) is 9.48 Å². The lowest BCUT2D eigenvalue weighted by Crippen LogP contribution is -2.45. The molecular weight excluding hydrogens is 258 g/mol. The molecule has 0 saturated carbocycles. The van der Waals surface area contributed by atoms with E-state index in [-0.39, 0.29) is 18.4 Å². The number of carboxylic acid groups (broad SMARTS) is 1.